The Bertz CT molecular complexity index is 1090. The predicted octanol–water partition coefficient (Wildman–Crippen LogP) is 3.29. The molecule has 0 aromatic heterocycles. The molecule has 1 aromatic carbocycles. The first kappa shape index (κ1) is 29.0. The summed E-state index contributed by atoms with van der Waals surface area (Å²) in [4.78, 5) is 45.6. The zero-order valence-electron chi connectivity index (χ0n) is 23.4. The SMILES string of the molecule is C=CCCOC(=O)[C@@H]1[C@H]2C(=O)N([C@@H](CO)Cc3ccccc3)C(C(=O)N(CC=C)C(C)C)C23CC[C@@]1(CC)O3. The Hall–Kier alpha value is -2.97. The van der Waals surface area contributed by atoms with E-state index in [-0.39, 0.29) is 31.1 Å². The van der Waals surface area contributed by atoms with Crippen LogP contribution in [0.1, 0.15) is 52.0 Å². The molecule has 3 heterocycles. The fourth-order valence-electron chi connectivity index (χ4n) is 7.01. The molecule has 8 heteroatoms. The lowest BCUT2D eigenvalue weighted by molar-refractivity contribution is -0.163. The molecule has 2 amide bonds. The van der Waals surface area contributed by atoms with E-state index in [1.807, 2.05) is 51.1 Å². The number of amides is 2. The Kier molecular flexibility index (Phi) is 8.66. The van der Waals surface area contributed by atoms with Crippen molar-refractivity contribution in [3.05, 3.63) is 61.2 Å². The number of benzene rings is 1. The molecule has 3 aliphatic rings. The molecule has 0 radical (unpaired) electrons. The quantitative estimate of drug-likeness (QED) is 0.235. The van der Waals surface area contributed by atoms with Gasteiger partial charge in [-0.2, -0.15) is 0 Å². The molecule has 1 aromatic rings. The second kappa shape index (κ2) is 11.6. The molecule has 1 N–H and O–H groups in total. The van der Waals surface area contributed by atoms with Crippen LogP contribution >= 0.6 is 0 Å². The van der Waals surface area contributed by atoms with Crippen molar-refractivity contribution in [1.29, 1.82) is 0 Å². The van der Waals surface area contributed by atoms with Crippen molar-refractivity contribution >= 4 is 17.8 Å². The van der Waals surface area contributed by atoms with E-state index in [1.54, 1.807) is 17.1 Å². The van der Waals surface area contributed by atoms with Crippen molar-refractivity contribution in [1.82, 2.24) is 9.80 Å². The zero-order chi connectivity index (χ0) is 28.4. The molecule has 3 saturated heterocycles. The monoisotopic (exact) mass is 538 g/mol. The molecule has 3 fully saturated rings. The first-order valence-corrected chi connectivity index (χ1v) is 14.1. The third-order valence-corrected chi connectivity index (χ3v) is 8.82. The van der Waals surface area contributed by atoms with Gasteiger partial charge in [0.1, 0.15) is 17.6 Å². The molecule has 6 atom stereocenters. The van der Waals surface area contributed by atoms with Crippen LogP contribution in [-0.2, 0) is 30.3 Å². The van der Waals surface area contributed by atoms with Crippen LogP contribution in [0.4, 0.5) is 0 Å². The highest BCUT2D eigenvalue weighted by Crippen LogP contribution is 2.65. The van der Waals surface area contributed by atoms with Gasteiger partial charge < -0.3 is 24.4 Å². The highest BCUT2D eigenvalue weighted by Gasteiger charge is 2.79. The largest absolute Gasteiger partial charge is 0.465 e. The van der Waals surface area contributed by atoms with Crippen LogP contribution in [0.15, 0.2) is 55.6 Å². The molecule has 3 aliphatic heterocycles. The number of hydrogen-bond donors (Lipinski definition) is 1. The normalized spacial score (nSPS) is 29.8. The topological polar surface area (TPSA) is 96.4 Å². The van der Waals surface area contributed by atoms with Crippen LogP contribution in [0.25, 0.3) is 0 Å². The Morgan fingerprint density at radius 2 is 1.95 bits per heavy atom. The van der Waals surface area contributed by atoms with E-state index in [4.69, 9.17) is 9.47 Å². The minimum Gasteiger partial charge on any atom is -0.465 e. The smallest absolute Gasteiger partial charge is 0.312 e. The second-order valence-corrected chi connectivity index (χ2v) is 11.2. The fourth-order valence-corrected chi connectivity index (χ4v) is 7.01. The molecule has 8 nitrogen and oxygen atoms in total. The first-order chi connectivity index (χ1) is 18.7. The maximum atomic E-state index is 14.5. The van der Waals surface area contributed by atoms with Crippen LogP contribution in [0.2, 0.25) is 0 Å². The van der Waals surface area contributed by atoms with Crippen LogP contribution in [0.3, 0.4) is 0 Å². The van der Waals surface area contributed by atoms with Gasteiger partial charge in [-0.3, -0.25) is 14.4 Å². The summed E-state index contributed by atoms with van der Waals surface area (Å²) < 4.78 is 12.4. The number of rotatable bonds is 13. The summed E-state index contributed by atoms with van der Waals surface area (Å²) in [5.74, 6) is -2.73. The van der Waals surface area contributed by atoms with Gasteiger partial charge in [0, 0.05) is 12.6 Å². The van der Waals surface area contributed by atoms with E-state index in [1.165, 1.54) is 4.90 Å². The lowest BCUT2D eigenvalue weighted by Gasteiger charge is -2.40. The number of fused-ring (bicyclic) bond motifs is 1. The van der Waals surface area contributed by atoms with Gasteiger partial charge in [-0.25, -0.2) is 0 Å². The molecule has 4 rings (SSSR count). The standard InChI is InChI=1S/C31H42N2O6/c1-6-9-18-38-29(37)25-24-27(35)33(23(20-34)19-22-13-11-10-12-14-22)26(28(36)32(17-7-2)21(4)5)31(24)16-15-30(25,8-3)39-31/h6-7,10-14,21,23-26,34H,1-2,8-9,15-20H2,3-5H3/t23-,24+,25+,26?,30-,31?/m1/s1. The maximum absolute atomic E-state index is 14.5. The first-order valence-electron chi connectivity index (χ1n) is 14.1. The molecule has 212 valence electrons. The molecule has 0 aliphatic carbocycles. The summed E-state index contributed by atoms with van der Waals surface area (Å²) in [6.45, 7) is 13.5. The van der Waals surface area contributed by atoms with Crippen molar-refractivity contribution in [2.24, 2.45) is 11.8 Å². The molecule has 2 unspecified atom stereocenters. The number of esters is 1. The summed E-state index contributed by atoms with van der Waals surface area (Å²) in [6.07, 6.45) is 5.77. The van der Waals surface area contributed by atoms with Crippen molar-refractivity contribution < 1.29 is 29.0 Å². The van der Waals surface area contributed by atoms with Crippen molar-refractivity contribution in [2.45, 2.75) is 82.2 Å². The average molecular weight is 539 g/mol. The Morgan fingerprint density at radius 3 is 2.54 bits per heavy atom. The second-order valence-electron chi connectivity index (χ2n) is 11.2. The number of ether oxygens (including phenoxy) is 2. The summed E-state index contributed by atoms with van der Waals surface area (Å²) >= 11 is 0. The zero-order valence-corrected chi connectivity index (χ0v) is 23.4. The van der Waals surface area contributed by atoms with E-state index in [9.17, 15) is 19.5 Å². The maximum Gasteiger partial charge on any atom is 0.312 e. The number of nitrogens with zero attached hydrogens (tertiary/aromatic N) is 2. The van der Waals surface area contributed by atoms with Gasteiger partial charge >= 0.3 is 5.97 Å². The van der Waals surface area contributed by atoms with E-state index < -0.39 is 41.1 Å². The van der Waals surface area contributed by atoms with Crippen molar-refractivity contribution in [2.75, 3.05) is 19.8 Å². The highest BCUT2D eigenvalue weighted by atomic mass is 16.6. The Balaban J connectivity index is 1.81. The fraction of sp³-hybridized carbons (Fsp3) is 0.581. The summed E-state index contributed by atoms with van der Waals surface area (Å²) in [6, 6.07) is 7.80. The van der Waals surface area contributed by atoms with E-state index in [2.05, 4.69) is 13.2 Å². The minimum atomic E-state index is -1.18. The van der Waals surface area contributed by atoms with Gasteiger partial charge in [0.05, 0.1) is 30.8 Å². The van der Waals surface area contributed by atoms with Crippen LogP contribution in [0.5, 0.6) is 0 Å². The average Bonchev–Trinajstić information content (AvgIpc) is 3.54. The molecular weight excluding hydrogens is 496 g/mol. The van der Waals surface area contributed by atoms with Crippen LogP contribution in [-0.4, -0.2) is 81.8 Å². The lowest BCUT2D eigenvalue weighted by Crippen LogP contribution is -2.60. The van der Waals surface area contributed by atoms with E-state index >= 15 is 0 Å². The Labute approximate surface area is 231 Å². The Morgan fingerprint density at radius 1 is 1.23 bits per heavy atom. The molecule has 0 saturated carbocycles. The number of likely N-dealkylation sites (tertiary alicyclic amines) is 1. The number of aliphatic hydroxyl groups excluding tert-OH is 1. The van der Waals surface area contributed by atoms with E-state index in [0.29, 0.717) is 38.6 Å². The van der Waals surface area contributed by atoms with Crippen molar-refractivity contribution in [3.8, 4) is 0 Å². The summed E-state index contributed by atoms with van der Waals surface area (Å²) in [5, 5.41) is 10.6. The predicted molar refractivity (Wildman–Crippen MR) is 148 cm³/mol. The number of carbonyl (C=O) groups excluding carboxylic acids is 3. The highest BCUT2D eigenvalue weighted by molar-refractivity contribution is 5.99. The molecule has 2 bridgehead atoms. The van der Waals surface area contributed by atoms with Gasteiger partial charge in [0.25, 0.3) is 0 Å². The van der Waals surface area contributed by atoms with Crippen LogP contribution < -0.4 is 0 Å². The third kappa shape index (κ3) is 4.82. The molecular formula is C31H42N2O6. The van der Waals surface area contributed by atoms with Gasteiger partial charge in [-0.15, -0.1) is 13.2 Å². The number of aliphatic hydroxyl groups is 1. The van der Waals surface area contributed by atoms with Crippen molar-refractivity contribution in [3.63, 3.8) is 0 Å². The van der Waals surface area contributed by atoms with Gasteiger partial charge in [-0.1, -0.05) is 49.4 Å². The van der Waals surface area contributed by atoms with E-state index in [0.717, 1.165) is 5.56 Å². The van der Waals surface area contributed by atoms with Gasteiger partial charge in [-0.05, 0) is 51.5 Å². The molecule has 39 heavy (non-hydrogen) atoms. The summed E-state index contributed by atoms with van der Waals surface area (Å²) in [7, 11) is 0. The molecule has 1 spiro atoms. The minimum absolute atomic E-state index is 0.150. The van der Waals surface area contributed by atoms with Gasteiger partial charge in [0.15, 0.2) is 0 Å². The number of hydrogen-bond acceptors (Lipinski definition) is 6. The lowest BCUT2D eigenvalue weighted by atomic mass is 9.65. The number of carbonyl (C=O) groups is 3. The third-order valence-electron chi connectivity index (χ3n) is 8.82. The van der Waals surface area contributed by atoms with Gasteiger partial charge in [0.2, 0.25) is 11.8 Å². The summed E-state index contributed by atoms with van der Waals surface area (Å²) in [5.41, 5.74) is -1.11. The van der Waals surface area contributed by atoms with Crippen LogP contribution in [0, 0.1) is 11.8 Å².